The molecule has 0 saturated heterocycles. The number of hydrogen-bond donors (Lipinski definition) is 1. The lowest BCUT2D eigenvalue weighted by atomic mass is 9.90. The number of amides is 1. The predicted molar refractivity (Wildman–Crippen MR) is 121 cm³/mol. The normalized spacial score (nSPS) is 14.1. The van der Waals surface area contributed by atoms with Gasteiger partial charge < -0.3 is 14.8 Å². The van der Waals surface area contributed by atoms with Gasteiger partial charge in [0.15, 0.2) is 0 Å². The zero-order valence-electron chi connectivity index (χ0n) is 17.6. The molecule has 3 aromatic rings. The zero-order valence-corrected chi connectivity index (χ0v) is 17.6. The number of nitrogens with one attached hydrogen (secondary N) is 1. The fourth-order valence-electron chi connectivity index (χ4n) is 3.82. The van der Waals surface area contributed by atoms with Crippen molar-refractivity contribution in [2.45, 2.75) is 38.7 Å². The number of para-hydroxylation sites is 1. The number of rotatable bonds is 8. The summed E-state index contributed by atoms with van der Waals surface area (Å²) in [6.07, 6.45) is 9.85. The van der Waals surface area contributed by atoms with Crippen LogP contribution in [-0.4, -0.2) is 17.5 Å². The van der Waals surface area contributed by atoms with Crippen LogP contribution in [0, 0.1) is 5.92 Å². The number of anilines is 1. The van der Waals surface area contributed by atoms with Gasteiger partial charge in [-0.25, -0.2) is 0 Å². The van der Waals surface area contributed by atoms with Crippen molar-refractivity contribution in [2.75, 3.05) is 11.9 Å². The maximum absolute atomic E-state index is 12.7. The second-order valence-electron chi connectivity index (χ2n) is 7.93. The van der Waals surface area contributed by atoms with Gasteiger partial charge in [-0.2, -0.15) is 0 Å². The fourth-order valence-corrected chi connectivity index (χ4v) is 3.82. The van der Waals surface area contributed by atoms with Crippen molar-refractivity contribution in [2.24, 2.45) is 5.92 Å². The number of aromatic nitrogens is 1. The lowest BCUT2D eigenvalue weighted by Crippen LogP contribution is -2.15. The average molecular weight is 417 g/mol. The first-order valence-corrected chi connectivity index (χ1v) is 10.9. The summed E-state index contributed by atoms with van der Waals surface area (Å²) in [5.74, 6) is 1.91. The van der Waals surface area contributed by atoms with Crippen LogP contribution >= 0.6 is 0 Å². The second kappa shape index (κ2) is 10.6. The van der Waals surface area contributed by atoms with Crippen molar-refractivity contribution < 1.29 is 14.3 Å². The Hall–Kier alpha value is -3.34. The Kier molecular flexibility index (Phi) is 7.16. The predicted octanol–water partition coefficient (Wildman–Crippen LogP) is 5.87. The first kappa shape index (κ1) is 20.9. The molecule has 0 spiro atoms. The Morgan fingerprint density at radius 2 is 1.65 bits per heavy atom. The van der Waals surface area contributed by atoms with Crippen molar-refractivity contribution in [3.05, 3.63) is 84.2 Å². The third-order valence-electron chi connectivity index (χ3n) is 5.60. The molecule has 4 rings (SSSR count). The Morgan fingerprint density at radius 3 is 2.42 bits per heavy atom. The van der Waals surface area contributed by atoms with Crippen molar-refractivity contribution in [3.63, 3.8) is 0 Å². The van der Waals surface area contributed by atoms with E-state index in [1.807, 2.05) is 42.5 Å². The van der Waals surface area contributed by atoms with E-state index in [0.717, 1.165) is 17.9 Å². The molecule has 2 aromatic carbocycles. The molecular formula is C26H28N2O3. The summed E-state index contributed by atoms with van der Waals surface area (Å²) in [4.78, 5) is 16.6. The van der Waals surface area contributed by atoms with E-state index < -0.39 is 0 Å². The average Bonchev–Trinajstić information content (AvgIpc) is 2.83. The van der Waals surface area contributed by atoms with Gasteiger partial charge in [0, 0.05) is 18.1 Å². The quantitative estimate of drug-likeness (QED) is 0.499. The van der Waals surface area contributed by atoms with E-state index in [2.05, 4.69) is 10.3 Å². The van der Waals surface area contributed by atoms with Gasteiger partial charge in [0.25, 0.3) is 5.91 Å². The Labute approximate surface area is 183 Å². The van der Waals surface area contributed by atoms with Crippen LogP contribution in [0.3, 0.4) is 0 Å². The van der Waals surface area contributed by atoms with Gasteiger partial charge in [-0.1, -0.05) is 43.5 Å². The number of nitrogens with zero attached hydrogens (tertiary/aromatic N) is 1. The van der Waals surface area contributed by atoms with E-state index >= 15 is 0 Å². The minimum atomic E-state index is -0.215. The maximum Gasteiger partial charge on any atom is 0.259 e. The molecule has 31 heavy (non-hydrogen) atoms. The van der Waals surface area contributed by atoms with Gasteiger partial charge in [-0.15, -0.1) is 0 Å². The standard InChI is InChI=1S/C26H28N2O3/c29-26(28-22-14-16-27-17-15-22)24-8-4-5-9-25(24)31-19-21-10-12-23(13-11-21)30-18-20-6-2-1-3-7-20/h4-5,8-17,20H,1-3,6-7,18-19H2,(H,27,28,29). The third kappa shape index (κ3) is 6.07. The number of carbonyl (C=O) groups excluding carboxylic acids is 1. The first-order valence-electron chi connectivity index (χ1n) is 10.9. The van der Waals surface area contributed by atoms with E-state index in [1.54, 1.807) is 30.6 Å². The second-order valence-corrected chi connectivity index (χ2v) is 7.93. The zero-order chi connectivity index (χ0) is 21.3. The highest BCUT2D eigenvalue weighted by molar-refractivity contribution is 6.06. The van der Waals surface area contributed by atoms with Crippen molar-refractivity contribution >= 4 is 11.6 Å². The molecule has 1 heterocycles. The topological polar surface area (TPSA) is 60.5 Å². The molecule has 1 amide bonds. The van der Waals surface area contributed by atoms with Gasteiger partial charge in [0.05, 0.1) is 12.2 Å². The highest BCUT2D eigenvalue weighted by Gasteiger charge is 2.14. The largest absolute Gasteiger partial charge is 0.493 e. The summed E-state index contributed by atoms with van der Waals surface area (Å²) in [5, 5.41) is 2.87. The molecule has 1 N–H and O–H groups in total. The number of hydrogen-bond acceptors (Lipinski definition) is 4. The minimum Gasteiger partial charge on any atom is -0.493 e. The molecule has 5 nitrogen and oxygen atoms in total. The summed E-state index contributed by atoms with van der Waals surface area (Å²) in [6.45, 7) is 1.18. The summed E-state index contributed by atoms with van der Waals surface area (Å²) in [7, 11) is 0. The fraction of sp³-hybridized carbons (Fsp3) is 0.308. The van der Waals surface area contributed by atoms with Crippen molar-refractivity contribution in [1.29, 1.82) is 0 Å². The van der Waals surface area contributed by atoms with E-state index in [0.29, 0.717) is 29.5 Å². The summed E-state index contributed by atoms with van der Waals surface area (Å²) < 4.78 is 11.9. The molecule has 1 aromatic heterocycles. The Balaban J connectivity index is 1.32. The van der Waals surface area contributed by atoms with Gasteiger partial charge in [-0.05, 0) is 60.7 Å². The smallest absolute Gasteiger partial charge is 0.259 e. The number of ether oxygens (including phenoxy) is 2. The SMILES string of the molecule is O=C(Nc1ccncc1)c1ccccc1OCc1ccc(OCC2CCCCC2)cc1. The Bertz CT molecular complexity index is 967. The van der Waals surface area contributed by atoms with E-state index in [-0.39, 0.29) is 5.91 Å². The van der Waals surface area contributed by atoms with Gasteiger partial charge in [-0.3, -0.25) is 9.78 Å². The molecule has 1 saturated carbocycles. The van der Waals surface area contributed by atoms with Crippen molar-refractivity contribution in [3.8, 4) is 11.5 Å². The van der Waals surface area contributed by atoms with Gasteiger partial charge >= 0.3 is 0 Å². The van der Waals surface area contributed by atoms with Crippen LogP contribution in [0.15, 0.2) is 73.1 Å². The van der Waals surface area contributed by atoms with E-state index in [4.69, 9.17) is 9.47 Å². The molecule has 0 aliphatic heterocycles. The summed E-state index contributed by atoms with van der Waals surface area (Å²) >= 11 is 0. The van der Waals surface area contributed by atoms with Crippen LogP contribution in [0.25, 0.3) is 0 Å². The van der Waals surface area contributed by atoms with Gasteiger partial charge in [0.2, 0.25) is 0 Å². The van der Waals surface area contributed by atoms with Crippen molar-refractivity contribution in [1.82, 2.24) is 4.98 Å². The lowest BCUT2D eigenvalue weighted by molar-refractivity contribution is 0.102. The Morgan fingerprint density at radius 1 is 0.903 bits per heavy atom. The molecule has 1 aliphatic rings. The molecule has 1 aliphatic carbocycles. The van der Waals surface area contributed by atoms with Crippen LogP contribution < -0.4 is 14.8 Å². The van der Waals surface area contributed by atoms with Crippen LogP contribution in [-0.2, 0) is 6.61 Å². The molecule has 0 unspecified atom stereocenters. The monoisotopic (exact) mass is 416 g/mol. The molecule has 0 radical (unpaired) electrons. The third-order valence-corrected chi connectivity index (χ3v) is 5.60. The molecular weight excluding hydrogens is 388 g/mol. The molecule has 0 bridgehead atoms. The molecule has 0 atom stereocenters. The van der Waals surface area contributed by atoms with E-state index in [9.17, 15) is 4.79 Å². The van der Waals surface area contributed by atoms with E-state index in [1.165, 1.54) is 32.1 Å². The van der Waals surface area contributed by atoms with Crippen LogP contribution in [0.4, 0.5) is 5.69 Å². The summed E-state index contributed by atoms with van der Waals surface area (Å²) in [6, 6.07) is 18.8. The van der Waals surface area contributed by atoms with Gasteiger partial charge in [0.1, 0.15) is 18.1 Å². The highest BCUT2D eigenvalue weighted by Crippen LogP contribution is 2.25. The van der Waals surface area contributed by atoms with Crippen LogP contribution in [0.1, 0.15) is 48.0 Å². The molecule has 1 fully saturated rings. The minimum absolute atomic E-state index is 0.215. The summed E-state index contributed by atoms with van der Waals surface area (Å²) in [5.41, 5.74) is 2.21. The number of pyridine rings is 1. The van der Waals surface area contributed by atoms with Crippen LogP contribution in [0.2, 0.25) is 0 Å². The first-order chi connectivity index (χ1) is 15.3. The maximum atomic E-state index is 12.7. The van der Waals surface area contributed by atoms with Crippen LogP contribution in [0.5, 0.6) is 11.5 Å². The highest BCUT2D eigenvalue weighted by atomic mass is 16.5. The molecule has 5 heteroatoms. The number of carbonyl (C=O) groups is 1. The lowest BCUT2D eigenvalue weighted by Gasteiger charge is -2.21. The number of benzene rings is 2. The molecule has 160 valence electrons.